The van der Waals surface area contributed by atoms with Gasteiger partial charge in [0.2, 0.25) is 0 Å². The van der Waals surface area contributed by atoms with Crippen molar-refractivity contribution >= 4 is 17.9 Å². The smallest absolute Gasteiger partial charge is 0.362 e. The fourth-order valence-electron chi connectivity index (χ4n) is 6.44. The SMILES string of the molecule is CCCCC/C=C/C=C/CCCCCCCCC(=O)OC(COCCC(C(=O)O)[N+](C)(C)C)COC(=O)CCCCCCCCCCCCCCCC. The van der Waals surface area contributed by atoms with Crippen molar-refractivity contribution in [3.63, 3.8) is 0 Å². The maximum absolute atomic E-state index is 12.7. The van der Waals surface area contributed by atoms with Gasteiger partial charge in [0, 0.05) is 19.3 Å². The number of rotatable bonds is 39. The molecular weight excluding hydrogens is 666 g/mol. The van der Waals surface area contributed by atoms with E-state index in [1.54, 1.807) is 0 Å². The van der Waals surface area contributed by atoms with Crippen molar-refractivity contribution < 1.29 is 38.2 Å². The Balaban J connectivity index is 4.36. The fourth-order valence-corrected chi connectivity index (χ4v) is 6.44. The predicted molar refractivity (Wildman–Crippen MR) is 220 cm³/mol. The number of nitrogens with zero attached hydrogens (tertiary/aromatic N) is 1. The monoisotopic (exact) mass is 751 g/mol. The molecule has 310 valence electrons. The number of allylic oxidation sites excluding steroid dienone is 4. The van der Waals surface area contributed by atoms with Crippen molar-refractivity contribution in [3.8, 4) is 0 Å². The van der Waals surface area contributed by atoms with Crippen LogP contribution in [-0.2, 0) is 28.6 Å². The summed E-state index contributed by atoms with van der Waals surface area (Å²) in [6, 6.07) is -0.613. The van der Waals surface area contributed by atoms with Gasteiger partial charge in [0.25, 0.3) is 0 Å². The number of carboxylic acid groups (broad SMARTS) is 1. The Bertz CT molecular complexity index is 926. The lowest BCUT2D eigenvalue weighted by Gasteiger charge is -2.31. The van der Waals surface area contributed by atoms with Crippen LogP contribution in [0.15, 0.2) is 24.3 Å². The molecule has 0 fully saturated rings. The molecule has 0 aliphatic rings. The summed E-state index contributed by atoms with van der Waals surface area (Å²) in [6.07, 6.45) is 39.2. The summed E-state index contributed by atoms with van der Waals surface area (Å²) in [7, 11) is 5.52. The van der Waals surface area contributed by atoms with E-state index >= 15 is 0 Å². The van der Waals surface area contributed by atoms with Gasteiger partial charge in [-0.3, -0.25) is 9.59 Å². The number of carbonyl (C=O) groups is 3. The predicted octanol–water partition coefficient (Wildman–Crippen LogP) is 11.7. The first-order valence-corrected chi connectivity index (χ1v) is 21.9. The number of likely N-dealkylation sites (N-methyl/N-ethyl adjacent to an activating group) is 1. The Morgan fingerprint density at radius 1 is 0.566 bits per heavy atom. The van der Waals surface area contributed by atoms with Crippen LogP contribution in [0.5, 0.6) is 0 Å². The van der Waals surface area contributed by atoms with Crippen LogP contribution in [0.25, 0.3) is 0 Å². The summed E-state index contributed by atoms with van der Waals surface area (Å²) in [4.78, 5) is 36.9. The molecule has 0 aromatic rings. The van der Waals surface area contributed by atoms with E-state index in [2.05, 4.69) is 38.2 Å². The molecule has 0 aromatic carbocycles. The fraction of sp³-hybridized carbons (Fsp3) is 0.844. The zero-order valence-corrected chi connectivity index (χ0v) is 35.2. The first kappa shape index (κ1) is 50.8. The molecule has 0 bridgehead atoms. The molecule has 0 rings (SSSR count). The zero-order chi connectivity index (χ0) is 39.3. The first-order valence-electron chi connectivity index (χ1n) is 21.9. The molecule has 53 heavy (non-hydrogen) atoms. The van der Waals surface area contributed by atoms with Crippen LogP contribution in [0.4, 0.5) is 0 Å². The molecule has 2 atom stereocenters. The van der Waals surface area contributed by atoms with Gasteiger partial charge in [-0.15, -0.1) is 0 Å². The van der Waals surface area contributed by atoms with Gasteiger partial charge in [-0.05, 0) is 38.5 Å². The zero-order valence-electron chi connectivity index (χ0n) is 35.2. The number of ether oxygens (including phenoxy) is 3. The summed E-state index contributed by atoms with van der Waals surface area (Å²) >= 11 is 0. The molecule has 0 aliphatic heterocycles. The molecule has 0 radical (unpaired) electrons. The Kier molecular flexibility index (Phi) is 35.2. The molecule has 1 N–H and O–H groups in total. The van der Waals surface area contributed by atoms with Crippen LogP contribution in [0.3, 0.4) is 0 Å². The number of aliphatic carboxylic acids is 1. The average Bonchev–Trinajstić information content (AvgIpc) is 3.11. The molecular formula is C45H84NO7+. The van der Waals surface area contributed by atoms with Gasteiger partial charge in [-0.1, -0.05) is 160 Å². The largest absolute Gasteiger partial charge is 0.477 e. The van der Waals surface area contributed by atoms with Gasteiger partial charge in [0.15, 0.2) is 12.1 Å². The van der Waals surface area contributed by atoms with Crippen LogP contribution in [0.1, 0.15) is 194 Å². The minimum atomic E-state index is -0.876. The normalized spacial score (nSPS) is 13.2. The second-order valence-electron chi connectivity index (χ2n) is 16.0. The van der Waals surface area contributed by atoms with Gasteiger partial charge < -0.3 is 23.8 Å². The van der Waals surface area contributed by atoms with Crippen LogP contribution in [0.2, 0.25) is 0 Å². The molecule has 2 unspecified atom stereocenters. The molecule has 8 heteroatoms. The van der Waals surface area contributed by atoms with E-state index in [1.807, 2.05) is 21.1 Å². The number of hydrogen-bond acceptors (Lipinski definition) is 6. The number of quaternary nitrogens is 1. The van der Waals surface area contributed by atoms with Gasteiger partial charge >= 0.3 is 17.9 Å². The molecule has 0 amide bonds. The topological polar surface area (TPSA) is 99.1 Å². The third kappa shape index (κ3) is 35.3. The maximum atomic E-state index is 12.7. The highest BCUT2D eigenvalue weighted by molar-refractivity contribution is 5.72. The van der Waals surface area contributed by atoms with Crippen LogP contribution in [0, 0.1) is 0 Å². The van der Waals surface area contributed by atoms with Crippen LogP contribution < -0.4 is 0 Å². The van der Waals surface area contributed by atoms with Crippen molar-refractivity contribution in [2.75, 3.05) is 41.0 Å². The van der Waals surface area contributed by atoms with Gasteiger partial charge in [-0.2, -0.15) is 0 Å². The lowest BCUT2D eigenvalue weighted by Crippen LogP contribution is -2.50. The molecule has 0 aromatic heterocycles. The minimum Gasteiger partial charge on any atom is -0.477 e. The quantitative estimate of drug-likeness (QED) is 0.0289. The highest BCUT2D eigenvalue weighted by Gasteiger charge is 2.31. The van der Waals surface area contributed by atoms with E-state index < -0.39 is 18.1 Å². The molecule has 0 heterocycles. The van der Waals surface area contributed by atoms with Gasteiger partial charge in [0.05, 0.1) is 34.4 Å². The number of carbonyl (C=O) groups excluding carboxylic acids is 2. The van der Waals surface area contributed by atoms with E-state index in [1.165, 1.54) is 109 Å². The van der Waals surface area contributed by atoms with Crippen LogP contribution in [-0.4, -0.2) is 80.6 Å². The maximum Gasteiger partial charge on any atom is 0.362 e. The van der Waals surface area contributed by atoms with Crippen molar-refractivity contribution in [3.05, 3.63) is 24.3 Å². The summed E-state index contributed by atoms with van der Waals surface area (Å²) < 4.78 is 17.3. The highest BCUT2D eigenvalue weighted by Crippen LogP contribution is 2.15. The summed E-state index contributed by atoms with van der Waals surface area (Å²) in [6.45, 7) is 4.71. The van der Waals surface area contributed by atoms with Crippen molar-refractivity contribution in [1.82, 2.24) is 0 Å². The van der Waals surface area contributed by atoms with E-state index in [0.717, 1.165) is 51.4 Å². The second-order valence-corrected chi connectivity index (χ2v) is 16.0. The number of unbranched alkanes of at least 4 members (excludes halogenated alkanes) is 22. The molecule has 0 saturated heterocycles. The summed E-state index contributed by atoms with van der Waals surface area (Å²) in [5, 5.41) is 9.61. The third-order valence-corrected chi connectivity index (χ3v) is 9.88. The number of esters is 2. The van der Waals surface area contributed by atoms with E-state index in [4.69, 9.17) is 14.2 Å². The molecule has 0 aliphatic carbocycles. The van der Waals surface area contributed by atoms with Gasteiger partial charge in [-0.25, -0.2) is 4.79 Å². The first-order chi connectivity index (χ1) is 25.6. The highest BCUT2D eigenvalue weighted by atomic mass is 16.6. The van der Waals surface area contributed by atoms with Crippen LogP contribution >= 0.6 is 0 Å². The number of carboxylic acids is 1. The molecule has 8 nitrogen and oxygen atoms in total. The van der Waals surface area contributed by atoms with Crippen molar-refractivity contribution in [2.24, 2.45) is 0 Å². The average molecular weight is 751 g/mol. The Morgan fingerprint density at radius 3 is 1.45 bits per heavy atom. The molecule has 0 saturated carbocycles. The summed E-state index contributed by atoms with van der Waals surface area (Å²) in [5.74, 6) is -1.47. The Hall–Kier alpha value is -2.19. The second kappa shape index (κ2) is 36.8. The van der Waals surface area contributed by atoms with Gasteiger partial charge in [0.1, 0.15) is 6.61 Å². The summed E-state index contributed by atoms with van der Waals surface area (Å²) in [5.41, 5.74) is 0. The standard InChI is InChI=1S/C45H83NO7/c1-6-8-10-12-14-16-18-20-22-24-26-28-30-32-34-36-44(48)53-41(39-51-38-37-42(45(49)50)46(3,4)5)40-52-43(47)35-33-31-29-27-25-23-21-19-17-15-13-11-9-7-2/h14,16,18,20,41-42H,6-13,15,17,19,21-40H2,1-5H3/p+1/b16-14+,20-18+. The number of hydrogen-bond donors (Lipinski definition) is 1. The Labute approximate surface area is 326 Å². The van der Waals surface area contributed by atoms with E-state index in [-0.39, 0.29) is 36.2 Å². The van der Waals surface area contributed by atoms with Crippen molar-refractivity contribution in [1.29, 1.82) is 0 Å². The third-order valence-electron chi connectivity index (χ3n) is 9.88. The lowest BCUT2D eigenvalue weighted by molar-refractivity contribution is -0.887. The Morgan fingerprint density at radius 2 is 0.981 bits per heavy atom. The molecule has 0 spiro atoms. The minimum absolute atomic E-state index is 0.0516. The van der Waals surface area contributed by atoms with E-state index in [9.17, 15) is 19.5 Å². The van der Waals surface area contributed by atoms with Crippen molar-refractivity contribution in [2.45, 2.75) is 206 Å². The lowest BCUT2D eigenvalue weighted by atomic mass is 10.0. The van der Waals surface area contributed by atoms with E-state index in [0.29, 0.717) is 19.3 Å².